The maximum atomic E-state index is 12.7. The second-order valence-corrected chi connectivity index (χ2v) is 7.75. The standard InChI is InChI=1S/C21H27N5O4.HI/c1-2-22-21(24-8-7-23-18(27)15-4-3-11-30-15)25-9-10-26-19(28)16-13-5-6-14(12-13)17(16)20(26)29;/h3-6,11,13-14,16-17H,2,7-10,12H2,1H3,(H,23,27)(H2,22,24,25);1H. The smallest absolute Gasteiger partial charge is 0.287 e. The monoisotopic (exact) mass is 541 g/mol. The minimum Gasteiger partial charge on any atom is -0.459 e. The number of carbonyl (C=O) groups is 3. The highest BCUT2D eigenvalue weighted by Crippen LogP contribution is 2.52. The molecule has 2 aliphatic carbocycles. The Balaban J connectivity index is 0.00000272. The molecule has 1 aliphatic heterocycles. The van der Waals surface area contributed by atoms with E-state index in [0.717, 1.165) is 6.42 Å². The number of guanidine groups is 1. The molecular formula is C21H28IN5O4. The van der Waals surface area contributed by atoms with Crippen molar-refractivity contribution in [3.8, 4) is 0 Å². The third-order valence-electron chi connectivity index (χ3n) is 5.95. The van der Waals surface area contributed by atoms with Crippen LogP contribution in [-0.2, 0) is 9.59 Å². The summed E-state index contributed by atoms with van der Waals surface area (Å²) in [4.78, 5) is 43.1. The summed E-state index contributed by atoms with van der Waals surface area (Å²) in [5.41, 5.74) is 0. The lowest BCUT2D eigenvalue weighted by molar-refractivity contribution is -0.140. The number of allylic oxidation sites excluding steroid dienone is 2. The van der Waals surface area contributed by atoms with Crippen molar-refractivity contribution in [1.82, 2.24) is 20.9 Å². The zero-order valence-electron chi connectivity index (χ0n) is 17.4. The molecule has 1 saturated heterocycles. The number of carbonyl (C=O) groups excluding carboxylic acids is 3. The van der Waals surface area contributed by atoms with Crippen molar-refractivity contribution in [3.05, 3.63) is 36.3 Å². The first kappa shape index (κ1) is 23.3. The average Bonchev–Trinajstić information content (AvgIpc) is 3.52. The van der Waals surface area contributed by atoms with E-state index in [2.05, 4.69) is 33.1 Å². The molecule has 4 rings (SSSR count). The average molecular weight is 541 g/mol. The lowest BCUT2D eigenvalue weighted by Crippen LogP contribution is -2.44. The Labute approximate surface area is 198 Å². The van der Waals surface area contributed by atoms with Crippen molar-refractivity contribution in [2.45, 2.75) is 13.3 Å². The maximum Gasteiger partial charge on any atom is 0.287 e. The molecule has 0 radical (unpaired) electrons. The number of halogens is 1. The van der Waals surface area contributed by atoms with Crippen LogP contribution in [0.5, 0.6) is 0 Å². The Morgan fingerprint density at radius 3 is 2.45 bits per heavy atom. The molecule has 10 heteroatoms. The molecule has 3 N–H and O–H groups in total. The molecule has 1 aromatic heterocycles. The van der Waals surface area contributed by atoms with Crippen LogP contribution in [0.25, 0.3) is 0 Å². The Morgan fingerprint density at radius 2 is 1.84 bits per heavy atom. The fourth-order valence-corrected chi connectivity index (χ4v) is 4.64. The number of amides is 3. The summed E-state index contributed by atoms with van der Waals surface area (Å²) in [5, 5.41) is 9.01. The molecule has 168 valence electrons. The topological polar surface area (TPSA) is 116 Å². The van der Waals surface area contributed by atoms with Crippen molar-refractivity contribution >= 4 is 47.7 Å². The lowest BCUT2D eigenvalue weighted by atomic mass is 9.85. The number of aliphatic imine (C=N–C) groups is 1. The normalized spacial score (nSPS) is 26.1. The van der Waals surface area contributed by atoms with E-state index < -0.39 is 0 Å². The van der Waals surface area contributed by atoms with E-state index in [1.165, 1.54) is 11.2 Å². The van der Waals surface area contributed by atoms with Gasteiger partial charge in [-0.3, -0.25) is 24.3 Å². The zero-order chi connectivity index (χ0) is 21.1. The van der Waals surface area contributed by atoms with Crippen molar-refractivity contribution in [2.24, 2.45) is 28.7 Å². The number of fused-ring (bicyclic) bond motifs is 5. The molecular weight excluding hydrogens is 513 g/mol. The van der Waals surface area contributed by atoms with Gasteiger partial charge in [0.05, 0.1) is 24.6 Å². The summed E-state index contributed by atoms with van der Waals surface area (Å²) in [7, 11) is 0. The number of nitrogens with zero attached hydrogens (tertiary/aromatic N) is 2. The molecule has 0 spiro atoms. The number of hydrogen-bond acceptors (Lipinski definition) is 5. The number of hydrogen-bond donors (Lipinski definition) is 3. The van der Waals surface area contributed by atoms with Crippen LogP contribution in [0.15, 0.2) is 40.0 Å². The molecule has 3 aliphatic rings. The second-order valence-electron chi connectivity index (χ2n) is 7.75. The Kier molecular flexibility index (Phi) is 7.74. The van der Waals surface area contributed by atoms with Crippen LogP contribution in [0.3, 0.4) is 0 Å². The first-order valence-corrected chi connectivity index (χ1v) is 10.5. The van der Waals surface area contributed by atoms with E-state index in [4.69, 9.17) is 4.42 Å². The van der Waals surface area contributed by atoms with Gasteiger partial charge < -0.3 is 20.4 Å². The summed E-state index contributed by atoms with van der Waals surface area (Å²) in [6.45, 7) is 4.10. The Hall–Kier alpha value is -2.37. The highest BCUT2D eigenvalue weighted by Gasteiger charge is 2.58. The molecule has 1 aromatic rings. The fraction of sp³-hybridized carbons (Fsp3) is 0.524. The van der Waals surface area contributed by atoms with Crippen LogP contribution in [-0.4, -0.2) is 61.3 Å². The number of furan rings is 1. The van der Waals surface area contributed by atoms with Gasteiger partial charge in [-0.15, -0.1) is 24.0 Å². The zero-order valence-corrected chi connectivity index (χ0v) is 19.7. The van der Waals surface area contributed by atoms with Gasteiger partial charge in [-0.1, -0.05) is 12.2 Å². The van der Waals surface area contributed by atoms with Crippen LogP contribution in [0.1, 0.15) is 23.9 Å². The minimum atomic E-state index is -0.284. The quantitative estimate of drug-likeness (QED) is 0.113. The van der Waals surface area contributed by atoms with Gasteiger partial charge in [-0.2, -0.15) is 0 Å². The van der Waals surface area contributed by atoms with Crippen LogP contribution in [0.4, 0.5) is 0 Å². The van der Waals surface area contributed by atoms with Gasteiger partial charge in [0.15, 0.2) is 11.7 Å². The van der Waals surface area contributed by atoms with Gasteiger partial charge in [0.2, 0.25) is 11.8 Å². The third kappa shape index (κ3) is 4.78. The molecule has 4 unspecified atom stereocenters. The number of likely N-dealkylation sites (tertiary alicyclic amines) is 1. The second kappa shape index (κ2) is 10.3. The van der Waals surface area contributed by atoms with Crippen molar-refractivity contribution in [3.63, 3.8) is 0 Å². The van der Waals surface area contributed by atoms with Crippen molar-refractivity contribution in [1.29, 1.82) is 0 Å². The minimum absolute atomic E-state index is 0. The maximum absolute atomic E-state index is 12.7. The van der Waals surface area contributed by atoms with Gasteiger partial charge in [0.1, 0.15) is 0 Å². The van der Waals surface area contributed by atoms with E-state index >= 15 is 0 Å². The van der Waals surface area contributed by atoms with E-state index in [1.54, 1.807) is 12.1 Å². The summed E-state index contributed by atoms with van der Waals surface area (Å²) < 4.78 is 5.04. The predicted molar refractivity (Wildman–Crippen MR) is 125 cm³/mol. The molecule has 2 heterocycles. The van der Waals surface area contributed by atoms with Crippen LogP contribution in [0, 0.1) is 23.7 Å². The molecule has 3 amide bonds. The van der Waals surface area contributed by atoms with Crippen LogP contribution < -0.4 is 16.0 Å². The van der Waals surface area contributed by atoms with E-state index in [-0.39, 0.29) is 71.1 Å². The Morgan fingerprint density at radius 1 is 1.13 bits per heavy atom. The van der Waals surface area contributed by atoms with Crippen LogP contribution in [0.2, 0.25) is 0 Å². The van der Waals surface area contributed by atoms with E-state index in [9.17, 15) is 14.4 Å². The largest absolute Gasteiger partial charge is 0.459 e. The molecule has 2 fully saturated rings. The van der Waals surface area contributed by atoms with Gasteiger partial charge in [0.25, 0.3) is 5.91 Å². The highest BCUT2D eigenvalue weighted by molar-refractivity contribution is 14.0. The molecule has 4 atom stereocenters. The summed E-state index contributed by atoms with van der Waals surface area (Å²) >= 11 is 0. The van der Waals surface area contributed by atoms with E-state index in [0.29, 0.717) is 38.7 Å². The first-order chi connectivity index (χ1) is 14.6. The number of imide groups is 1. The first-order valence-electron chi connectivity index (χ1n) is 10.5. The third-order valence-corrected chi connectivity index (χ3v) is 5.95. The predicted octanol–water partition coefficient (Wildman–Crippen LogP) is 0.990. The summed E-state index contributed by atoms with van der Waals surface area (Å²) in [6.07, 6.45) is 6.58. The molecule has 0 aromatic carbocycles. The summed E-state index contributed by atoms with van der Waals surface area (Å²) in [6, 6.07) is 3.26. The van der Waals surface area contributed by atoms with Gasteiger partial charge in [-0.05, 0) is 37.3 Å². The SMILES string of the molecule is CCNC(=NCCNC(=O)c1ccco1)NCCN1C(=O)C2C3C=CC(C3)C2C1=O.I. The van der Waals surface area contributed by atoms with Gasteiger partial charge >= 0.3 is 0 Å². The molecule has 1 saturated carbocycles. The van der Waals surface area contributed by atoms with Gasteiger partial charge in [-0.25, -0.2) is 0 Å². The summed E-state index contributed by atoms with van der Waals surface area (Å²) in [5.74, 6) is 0.613. The lowest BCUT2D eigenvalue weighted by Gasteiger charge is -2.18. The van der Waals surface area contributed by atoms with E-state index in [1.807, 2.05) is 6.92 Å². The van der Waals surface area contributed by atoms with Crippen LogP contribution >= 0.6 is 24.0 Å². The molecule has 9 nitrogen and oxygen atoms in total. The van der Waals surface area contributed by atoms with Gasteiger partial charge in [0, 0.05) is 26.2 Å². The van der Waals surface area contributed by atoms with Crippen molar-refractivity contribution in [2.75, 3.05) is 32.7 Å². The molecule has 2 bridgehead atoms. The highest BCUT2D eigenvalue weighted by atomic mass is 127. The number of nitrogens with one attached hydrogen (secondary N) is 3. The Bertz CT molecular complexity index is 839. The molecule has 31 heavy (non-hydrogen) atoms. The fourth-order valence-electron chi connectivity index (χ4n) is 4.64. The number of rotatable bonds is 8. The van der Waals surface area contributed by atoms with Crippen molar-refractivity contribution < 1.29 is 18.8 Å².